The normalized spacial score (nSPS) is 11.0. The van der Waals surface area contributed by atoms with Crippen LogP contribution in [-0.2, 0) is 18.4 Å². The lowest BCUT2D eigenvalue weighted by molar-refractivity contribution is -0.129. The molecule has 0 saturated heterocycles. The first-order valence-electron chi connectivity index (χ1n) is 3.36. The van der Waals surface area contributed by atoms with Crippen molar-refractivity contribution in [2.75, 3.05) is 13.2 Å². The summed E-state index contributed by atoms with van der Waals surface area (Å²) in [7, 11) is -2.13. The summed E-state index contributed by atoms with van der Waals surface area (Å²) in [5, 5.41) is 8.04. The molecular formula is C5H11NO5P+. The van der Waals surface area contributed by atoms with Crippen LogP contribution in [0.4, 0.5) is 0 Å². The van der Waals surface area contributed by atoms with E-state index >= 15 is 0 Å². The van der Waals surface area contributed by atoms with Crippen molar-refractivity contribution in [1.82, 2.24) is 5.48 Å². The molecule has 0 fully saturated rings. The number of hydrogen-bond acceptors (Lipinski definition) is 5. The number of nitrogens with one attached hydrogen (secondary N) is 1. The van der Waals surface area contributed by atoms with E-state index in [-0.39, 0.29) is 13.0 Å². The van der Waals surface area contributed by atoms with Crippen molar-refractivity contribution < 1.29 is 23.6 Å². The van der Waals surface area contributed by atoms with Gasteiger partial charge < -0.3 is 0 Å². The highest BCUT2D eigenvalue weighted by Gasteiger charge is 2.18. The van der Waals surface area contributed by atoms with Crippen molar-refractivity contribution in [1.29, 1.82) is 0 Å². The number of carbonyl (C=O) groups is 1. The highest BCUT2D eigenvalue weighted by Crippen LogP contribution is 2.22. The fraction of sp³-hybridized carbons (Fsp3) is 0.800. The molecule has 0 radical (unpaired) electrons. The maximum Gasteiger partial charge on any atom is 0.697 e. The minimum Gasteiger partial charge on any atom is -0.289 e. The van der Waals surface area contributed by atoms with Crippen molar-refractivity contribution in [3.8, 4) is 0 Å². The van der Waals surface area contributed by atoms with Crippen molar-refractivity contribution in [2.24, 2.45) is 0 Å². The molecule has 1 amide bonds. The van der Waals surface area contributed by atoms with Crippen molar-refractivity contribution in [2.45, 2.75) is 13.3 Å². The lowest BCUT2D eigenvalue weighted by Gasteiger charge is -1.91. The topological polar surface area (TPSA) is 84.9 Å². The predicted molar refractivity (Wildman–Crippen MR) is 39.7 cm³/mol. The molecule has 6 nitrogen and oxygen atoms in total. The second kappa shape index (κ2) is 7.12. The Labute approximate surface area is 70.8 Å². The molecule has 0 aliphatic rings. The summed E-state index contributed by atoms with van der Waals surface area (Å²) in [4.78, 5) is 10.4. The molecule has 0 aromatic heterocycles. The maximum atomic E-state index is 10.6. The van der Waals surface area contributed by atoms with Gasteiger partial charge in [-0.3, -0.25) is 10.0 Å². The van der Waals surface area contributed by atoms with Gasteiger partial charge in [-0.2, -0.15) is 0 Å². The molecule has 7 heteroatoms. The average molecular weight is 196 g/mol. The summed E-state index contributed by atoms with van der Waals surface area (Å²) >= 11 is 0. The lowest BCUT2D eigenvalue weighted by Crippen LogP contribution is -2.19. The van der Waals surface area contributed by atoms with Crippen LogP contribution in [0.2, 0.25) is 0 Å². The van der Waals surface area contributed by atoms with Gasteiger partial charge >= 0.3 is 8.25 Å². The van der Waals surface area contributed by atoms with Crippen LogP contribution < -0.4 is 5.48 Å². The summed E-state index contributed by atoms with van der Waals surface area (Å²) in [5.74, 6) is -0.588. The van der Waals surface area contributed by atoms with Gasteiger partial charge in [0.2, 0.25) is 5.91 Å². The molecule has 0 bridgehead atoms. The van der Waals surface area contributed by atoms with E-state index in [1.165, 1.54) is 5.48 Å². The van der Waals surface area contributed by atoms with Crippen LogP contribution in [0.15, 0.2) is 0 Å². The third-order valence-electron chi connectivity index (χ3n) is 0.885. The van der Waals surface area contributed by atoms with Crippen molar-refractivity contribution >= 4 is 14.2 Å². The second-order valence-corrected chi connectivity index (χ2v) is 2.72. The fourth-order valence-corrected chi connectivity index (χ4v) is 0.937. The monoisotopic (exact) mass is 196 g/mol. The number of rotatable bonds is 6. The summed E-state index contributed by atoms with van der Waals surface area (Å²) in [6.45, 7) is 1.93. The first kappa shape index (κ1) is 11.4. The molecule has 12 heavy (non-hydrogen) atoms. The minimum atomic E-state index is -2.13. The lowest BCUT2D eigenvalue weighted by atomic mass is 10.4. The predicted octanol–water partition coefficient (Wildman–Crippen LogP) is 0.592. The zero-order chi connectivity index (χ0) is 9.40. The quantitative estimate of drug-likeness (QED) is 0.369. The molecule has 0 spiro atoms. The van der Waals surface area contributed by atoms with E-state index in [1.807, 2.05) is 0 Å². The van der Waals surface area contributed by atoms with E-state index in [0.29, 0.717) is 6.61 Å². The highest BCUT2D eigenvalue weighted by atomic mass is 31.1. The maximum absolute atomic E-state index is 10.6. The third-order valence-corrected chi connectivity index (χ3v) is 1.75. The Morgan fingerprint density at radius 3 is 2.75 bits per heavy atom. The number of amides is 1. The van der Waals surface area contributed by atoms with Gasteiger partial charge in [0.05, 0.1) is 6.42 Å². The standard InChI is InChI=1S/C5H10NO5P/c1-2-10-12(9)11-4-3-5(7)6-8/h2-4H2,1H3,(H-,6,7,8)/p+1. The zero-order valence-corrected chi connectivity index (χ0v) is 7.54. The average Bonchev–Trinajstić information content (AvgIpc) is 2.04. The molecule has 0 aromatic carbocycles. The van der Waals surface area contributed by atoms with Crippen LogP contribution >= 0.6 is 8.25 Å². The Balaban J connectivity index is 3.30. The summed E-state index contributed by atoms with van der Waals surface area (Å²) in [6, 6.07) is 0. The Morgan fingerprint density at radius 1 is 1.58 bits per heavy atom. The second-order valence-electron chi connectivity index (χ2n) is 1.76. The number of hydroxylamine groups is 1. The molecule has 2 N–H and O–H groups in total. The summed E-state index contributed by atoms with van der Waals surface area (Å²) in [6.07, 6.45) is -0.0509. The summed E-state index contributed by atoms with van der Waals surface area (Å²) in [5.41, 5.74) is 1.42. The van der Waals surface area contributed by atoms with Crippen LogP contribution in [-0.4, -0.2) is 24.3 Å². The van der Waals surface area contributed by atoms with E-state index < -0.39 is 14.2 Å². The SMILES string of the molecule is CCO[P+](=O)OCCC(=O)NO. The zero-order valence-electron chi connectivity index (χ0n) is 6.65. The van der Waals surface area contributed by atoms with Gasteiger partial charge in [-0.1, -0.05) is 0 Å². The first-order valence-corrected chi connectivity index (χ1v) is 4.46. The van der Waals surface area contributed by atoms with Crippen LogP contribution in [0, 0.1) is 0 Å². The van der Waals surface area contributed by atoms with E-state index in [0.717, 1.165) is 0 Å². The number of hydrogen-bond donors (Lipinski definition) is 2. The molecule has 0 rings (SSSR count). The summed E-state index contributed by atoms with van der Waals surface area (Å²) < 4.78 is 19.7. The Bertz CT molecular complexity index is 162. The van der Waals surface area contributed by atoms with Gasteiger partial charge in [0.25, 0.3) is 0 Å². The Hall–Kier alpha value is -0.550. The van der Waals surface area contributed by atoms with Gasteiger partial charge in [0.1, 0.15) is 13.2 Å². The molecule has 1 unspecified atom stereocenters. The number of carbonyl (C=O) groups excluding carboxylic acids is 1. The van der Waals surface area contributed by atoms with Gasteiger partial charge in [0, 0.05) is 4.57 Å². The first-order chi connectivity index (χ1) is 5.70. The van der Waals surface area contributed by atoms with Gasteiger partial charge in [0.15, 0.2) is 0 Å². The molecule has 70 valence electrons. The van der Waals surface area contributed by atoms with Crippen molar-refractivity contribution in [3.63, 3.8) is 0 Å². The van der Waals surface area contributed by atoms with Crippen LogP contribution in [0.1, 0.15) is 13.3 Å². The fourth-order valence-electron chi connectivity index (χ4n) is 0.411. The van der Waals surface area contributed by atoms with Gasteiger partial charge in [-0.05, 0) is 6.92 Å². The molecule has 0 aliphatic carbocycles. The van der Waals surface area contributed by atoms with Crippen LogP contribution in [0.3, 0.4) is 0 Å². The Kier molecular flexibility index (Phi) is 6.79. The van der Waals surface area contributed by atoms with E-state index in [9.17, 15) is 9.36 Å². The minimum absolute atomic E-state index is 0.0401. The molecule has 0 aliphatic heterocycles. The van der Waals surface area contributed by atoms with Gasteiger partial charge in [-0.15, -0.1) is 9.05 Å². The van der Waals surface area contributed by atoms with E-state index in [4.69, 9.17) is 5.21 Å². The smallest absolute Gasteiger partial charge is 0.289 e. The van der Waals surface area contributed by atoms with Crippen molar-refractivity contribution in [3.05, 3.63) is 0 Å². The molecular weight excluding hydrogens is 185 g/mol. The molecule has 0 heterocycles. The van der Waals surface area contributed by atoms with Crippen LogP contribution in [0.5, 0.6) is 0 Å². The third kappa shape index (κ3) is 6.18. The largest absolute Gasteiger partial charge is 0.697 e. The van der Waals surface area contributed by atoms with E-state index in [1.54, 1.807) is 6.92 Å². The van der Waals surface area contributed by atoms with E-state index in [2.05, 4.69) is 9.05 Å². The van der Waals surface area contributed by atoms with Gasteiger partial charge in [-0.25, -0.2) is 5.48 Å². The highest BCUT2D eigenvalue weighted by molar-refractivity contribution is 7.33. The molecule has 1 atom stereocenters. The molecule has 0 saturated carbocycles. The Morgan fingerprint density at radius 2 is 2.25 bits per heavy atom. The molecule has 0 aromatic rings. The van der Waals surface area contributed by atoms with Crippen LogP contribution in [0.25, 0.3) is 0 Å².